The van der Waals surface area contributed by atoms with Crippen molar-refractivity contribution in [3.63, 3.8) is 0 Å². The number of aliphatic hydroxyl groups excluding tert-OH is 1. The first kappa shape index (κ1) is 19.7. The Balaban J connectivity index is 1.63. The van der Waals surface area contributed by atoms with Gasteiger partial charge in [0.15, 0.2) is 0 Å². The number of benzene rings is 2. The molecule has 0 aromatic heterocycles. The number of carbonyl (C=O) groups excluding carboxylic acids is 1. The number of likely N-dealkylation sites (tertiary alicyclic amines) is 1. The molecule has 2 atom stereocenters. The molecule has 1 fully saturated rings. The normalized spacial score (nSPS) is 16.7. The molecule has 0 spiro atoms. The molecule has 0 aliphatic carbocycles. The summed E-state index contributed by atoms with van der Waals surface area (Å²) in [6.45, 7) is 2.72. The first-order chi connectivity index (χ1) is 13.1. The third-order valence-electron chi connectivity index (χ3n) is 4.76. The number of ether oxygens (including phenoxy) is 1. The molecule has 2 aromatic rings. The summed E-state index contributed by atoms with van der Waals surface area (Å²) in [6.07, 6.45) is 0.910. The SMILES string of the molecule is O=C(NC(CN1CCCC1)C(O)c1ccc(Cl)cc1)OCc1ccccc1. The molecule has 144 valence electrons. The van der Waals surface area contributed by atoms with E-state index in [1.807, 2.05) is 30.3 Å². The Morgan fingerprint density at radius 2 is 1.78 bits per heavy atom. The number of halogens is 1. The van der Waals surface area contributed by atoms with Crippen LogP contribution in [0.1, 0.15) is 30.1 Å². The Morgan fingerprint density at radius 1 is 1.11 bits per heavy atom. The largest absolute Gasteiger partial charge is 0.445 e. The molecule has 1 heterocycles. The number of rotatable bonds is 7. The van der Waals surface area contributed by atoms with Gasteiger partial charge in [-0.15, -0.1) is 0 Å². The number of amides is 1. The lowest BCUT2D eigenvalue weighted by atomic mass is 10.0. The van der Waals surface area contributed by atoms with Gasteiger partial charge < -0.3 is 20.1 Å². The summed E-state index contributed by atoms with van der Waals surface area (Å²) in [7, 11) is 0. The zero-order valence-corrected chi connectivity index (χ0v) is 15.9. The first-order valence-corrected chi connectivity index (χ1v) is 9.63. The van der Waals surface area contributed by atoms with Crippen LogP contribution in [0.4, 0.5) is 4.79 Å². The highest BCUT2D eigenvalue weighted by Crippen LogP contribution is 2.21. The topological polar surface area (TPSA) is 61.8 Å². The van der Waals surface area contributed by atoms with Gasteiger partial charge in [-0.1, -0.05) is 54.1 Å². The van der Waals surface area contributed by atoms with Crippen molar-refractivity contribution >= 4 is 17.7 Å². The van der Waals surface area contributed by atoms with Gasteiger partial charge in [0.25, 0.3) is 0 Å². The van der Waals surface area contributed by atoms with Crippen LogP contribution in [0.3, 0.4) is 0 Å². The van der Waals surface area contributed by atoms with Gasteiger partial charge in [0.05, 0.1) is 6.04 Å². The van der Waals surface area contributed by atoms with E-state index in [4.69, 9.17) is 16.3 Å². The number of hydrogen-bond donors (Lipinski definition) is 2. The monoisotopic (exact) mass is 388 g/mol. The van der Waals surface area contributed by atoms with Gasteiger partial charge in [-0.3, -0.25) is 0 Å². The number of hydrogen-bond acceptors (Lipinski definition) is 4. The molecule has 2 N–H and O–H groups in total. The van der Waals surface area contributed by atoms with Crippen molar-refractivity contribution in [2.24, 2.45) is 0 Å². The van der Waals surface area contributed by atoms with Crippen LogP contribution in [0.15, 0.2) is 54.6 Å². The average molecular weight is 389 g/mol. The zero-order valence-electron chi connectivity index (χ0n) is 15.2. The van der Waals surface area contributed by atoms with Crippen LogP contribution >= 0.6 is 11.6 Å². The fraction of sp³-hybridized carbons (Fsp3) is 0.381. The first-order valence-electron chi connectivity index (χ1n) is 9.25. The maximum atomic E-state index is 12.3. The summed E-state index contributed by atoms with van der Waals surface area (Å²) in [4.78, 5) is 14.6. The average Bonchev–Trinajstić information content (AvgIpc) is 3.20. The lowest BCUT2D eigenvalue weighted by molar-refractivity contribution is 0.0882. The second-order valence-electron chi connectivity index (χ2n) is 6.82. The summed E-state index contributed by atoms with van der Waals surface area (Å²) < 4.78 is 5.33. The van der Waals surface area contributed by atoms with Crippen LogP contribution in [0.25, 0.3) is 0 Å². The van der Waals surface area contributed by atoms with Crippen molar-refractivity contribution in [1.29, 1.82) is 0 Å². The number of aliphatic hydroxyl groups is 1. The van der Waals surface area contributed by atoms with Crippen LogP contribution < -0.4 is 5.32 Å². The minimum Gasteiger partial charge on any atom is -0.445 e. The summed E-state index contributed by atoms with van der Waals surface area (Å²) in [5.41, 5.74) is 1.63. The van der Waals surface area contributed by atoms with Gasteiger partial charge in [0, 0.05) is 11.6 Å². The molecular weight excluding hydrogens is 364 g/mol. The Labute approximate surface area is 164 Å². The molecule has 5 nitrogen and oxygen atoms in total. The molecule has 0 bridgehead atoms. The maximum Gasteiger partial charge on any atom is 0.407 e. The number of carbonyl (C=O) groups is 1. The fourth-order valence-corrected chi connectivity index (χ4v) is 3.40. The van der Waals surface area contributed by atoms with Gasteiger partial charge >= 0.3 is 6.09 Å². The van der Waals surface area contributed by atoms with E-state index in [9.17, 15) is 9.90 Å². The predicted octanol–water partition coefficient (Wildman–Crippen LogP) is 3.76. The second-order valence-corrected chi connectivity index (χ2v) is 7.25. The molecule has 0 radical (unpaired) electrons. The third-order valence-corrected chi connectivity index (χ3v) is 5.01. The van der Waals surface area contributed by atoms with Crippen molar-refractivity contribution in [2.75, 3.05) is 19.6 Å². The Kier molecular flexibility index (Phi) is 7.10. The van der Waals surface area contributed by atoms with Crippen LogP contribution in [-0.2, 0) is 11.3 Å². The molecule has 2 unspecified atom stereocenters. The minimum atomic E-state index is -0.841. The highest BCUT2D eigenvalue weighted by atomic mass is 35.5. The summed E-state index contributed by atoms with van der Waals surface area (Å²) in [5, 5.41) is 14.3. The molecular formula is C21H25ClN2O3. The van der Waals surface area contributed by atoms with E-state index >= 15 is 0 Å². The maximum absolute atomic E-state index is 12.3. The molecule has 3 rings (SSSR count). The highest BCUT2D eigenvalue weighted by Gasteiger charge is 2.27. The van der Waals surface area contributed by atoms with Crippen molar-refractivity contribution < 1.29 is 14.6 Å². The summed E-state index contributed by atoms with van der Waals surface area (Å²) >= 11 is 5.94. The third kappa shape index (κ3) is 5.96. The molecule has 27 heavy (non-hydrogen) atoms. The molecule has 0 saturated carbocycles. The molecule has 1 aliphatic heterocycles. The Bertz CT molecular complexity index is 718. The second kappa shape index (κ2) is 9.74. The van der Waals surface area contributed by atoms with Gasteiger partial charge in [0.1, 0.15) is 12.7 Å². The number of nitrogens with one attached hydrogen (secondary N) is 1. The van der Waals surface area contributed by atoms with Crippen LogP contribution in [0, 0.1) is 0 Å². The smallest absolute Gasteiger partial charge is 0.407 e. The van der Waals surface area contributed by atoms with Crippen molar-refractivity contribution in [2.45, 2.75) is 31.6 Å². The fourth-order valence-electron chi connectivity index (χ4n) is 3.28. The van der Waals surface area contributed by atoms with Crippen LogP contribution in [0.5, 0.6) is 0 Å². The lowest BCUT2D eigenvalue weighted by Crippen LogP contribution is -2.46. The Hall–Kier alpha value is -2.08. The van der Waals surface area contributed by atoms with Crippen LogP contribution in [0.2, 0.25) is 5.02 Å². The highest BCUT2D eigenvalue weighted by molar-refractivity contribution is 6.30. The van der Waals surface area contributed by atoms with E-state index in [0.29, 0.717) is 17.1 Å². The number of nitrogens with zero attached hydrogens (tertiary/aromatic N) is 1. The van der Waals surface area contributed by atoms with Crippen LogP contribution in [-0.4, -0.2) is 41.8 Å². The molecule has 1 aliphatic rings. The zero-order chi connectivity index (χ0) is 19.1. The standard InChI is InChI=1S/C21H25ClN2O3/c22-18-10-8-17(9-11-18)20(25)19(14-24-12-4-5-13-24)23-21(26)27-15-16-6-2-1-3-7-16/h1-3,6-11,19-20,25H,4-5,12-15H2,(H,23,26). The molecule has 6 heteroatoms. The van der Waals surface area contributed by atoms with Gasteiger partial charge in [-0.25, -0.2) is 4.79 Å². The molecule has 2 aromatic carbocycles. The molecule has 1 amide bonds. The van der Waals surface area contributed by atoms with E-state index in [2.05, 4.69) is 10.2 Å². The summed E-state index contributed by atoms with van der Waals surface area (Å²) in [5.74, 6) is 0. The van der Waals surface area contributed by atoms with Crippen molar-refractivity contribution in [3.8, 4) is 0 Å². The van der Waals surface area contributed by atoms with E-state index in [0.717, 1.165) is 31.5 Å². The summed E-state index contributed by atoms with van der Waals surface area (Å²) in [6, 6.07) is 16.1. The lowest BCUT2D eigenvalue weighted by Gasteiger charge is -2.28. The van der Waals surface area contributed by atoms with Gasteiger partial charge in [-0.2, -0.15) is 0 Å². The van der Waals surface area contributed by atoms with E-state index in [1.165, 1.54) is 0 Å². The van der Waals surface area contributed by atoms with E-state index in [1.54, 1.807) is 24.3 Å². The van der Waals surface area contributed by atoms with E-state index < -0.39 is 18.2 Å². The predicted molar refractivity (Wildman–Crippen MR) is 106 cm³/mol. The van der Waals surface area contributed by atoms with Gasteiger partial charge in [0.2, 0.25) is 0 Å². The van der Waals surface area contributed by atoms with Crippen molar-refractivity contribution in [1.82, 2.24) is 10.2 Å². The Morgan fingerprint density at radius 3 is 2.44 bits per heavy atom. The van der Waals surface area contributed by atoms with Gasteiger partial charge in [-0.05, 0) is 49.2 Å². The minimum absolute atomic E-state index is 0.195. The quantitative estimate of drug-likeness (QED) is 0.758. The van der Waals surface area contributed by atoms with E-state index in [-0.39, 0.29) is 6.61 Å². The number of alkyl carbamates (subject to hydrolysis) is 1. The molecule has 1 saturated heterocycles. The van der Waals surface area contributed by atoms with Crippen molar-refractivity contribution in [3.05, 3.63) is 70.7 Å².